The lowest BCUT2D eigenvalue weighted by atomic mass is 9.87. The minimum atomic E-state index is -1.25. The minimum Gasteiger partial charge on any atom is -0.480 e. The molecule has 1 unspecified atom stereocenters. The van der Waals surface area contributed by atoms with E-state index in [1.807, 2.05) is 0 Å². The van der Waals surface area contributed by atoms with Crippen molar-refractivity contribution in [1.82, 2.24) is 15.5 Å². The van der Waals surface area contributed by atoms with Crippen LogP contribution in [0.1, 0.15) is 19.8 Å². The van der Waals surface area contributed by atoms with Gasteiger partial charge in [-0.2, -0.15) is 0 Å². The van der Waals surface area contributed by atoms with Gasteiger partial charge >= 0.3 is 11.9 Å². The zero-order chi connectivity index (χ0) is 17.0. The first-order valence-electron chi connectivity index (χ1n) is 7.40. The highest BCUT2D eigenvalue weighted by molar-refractivity contribution is 6.02. The maximum atomic E-state index is 12.9. The van der Waals surface area contributed by atoms with Crippen molar-refractivity contribution in [2.75, 3.05) is 20.2 Å². The third-order valence-corrected chi connectivity index (χ3v) is 5.05. The topological polar surface area (TPSA) is 125 Å². The average molecular weight is 325 g/mol. The fourth-order valence-corrected chi connectivity index (χ4v) is 3.80. The largest absolute Gasteiger partial charge is 0.480 e. The zero-order valence-electron chi connectivity index (χ0n) is 12.9. The molecule has 9 heteroatoms. The number of hydrogen-bond acceptors (Lipinski definition) is 6. The normalized spacial score (nSPS) is 39.3. The second-order valence-electron chi connectivity index (χ2n) is 6.75. The summed E-state index contributed by atoms with van der Waals surface area (Å²) >= 11 is 0. The number of nitrogens with one attached hydrogen (secondary N) is 2. The van der Waals surface area contributed by atoms with E-state index < -0.39 is 35.0 Å². The van der Waals surface area contributed by atoms with E-state index in [9.17, 15) is 19.2 Å². The quantitative estimate of drug-likeness (QED) is 0.505. The number of carboxylic acid groups (broad SMARTS) is 1. The van der Waals surface area contributed by atoms with Crippen LogP contribution < -0.4 is 10.6 Å². The summed E-state index contributed by atoms with van der Waals surface area (Å²) in [4.78, 5) is 49.8. The second kappa shape index (κ2) is 4.92. The van der Waals surface area contributed by atoms with Crippen LogP contribution >= 0.6 is 0 Å². The molecule has 0 bridgehead atoms. The second-order valence-corrected chi connectivity index (χ2v) is 6.75. The van der Waals surface area contributed by atoms with Crippen molar-refractivity contribution in [2.24, 2.45) is 5.41 Å². The van der Waals surface area contributed by atoms with Gasteiger partial charge in [0, 0.05) is 19.5 Å². The Morgan fingerprint density at radius 2 is 2.04 bits per heavy atom. The maximum absolute atomic E-state index is 12.9. The molecule has 3 rings (SSSR count). The lowest BCUT2D eigenvalue weighted by Gasteiger charge is -2.41. The molecule has 3 aliphatic heterocycles. The fraction of sp³-hybridized carbons (Fsp3) is 0.714. The number of fused-ring (bicyclic) bond motifs is 1. The number of nitrogens with zero attached hydrogens (tertiary/aromatic N) is 1. The van der Waals surface area contributed by atoms with Gasteiger partial charge in [0.2, 0.25) is 11.8 Å². The SMILES string of the molecule is COC(=O)[C@]1(C)CC2C(=O)N[C@@]3(CN[C@H](C(=O)O)C3)C(=O)N2C1. The predicted molar refractivity (Wildman–Crippen MR) is 75.2 cm³/mol. The number of methoxy groups -OCH3 is 1. The molecular weight excluding hydrogens is 306 g/mol. The molecule has 0 radical (unpaired) electrons. The Balaban J connectivity index is 1.87. The standard InChI is InChI=1S/C14H19N3O6/c1-13(12(22)23-2)4-8-9(18)16-14(11(21)17(8)6-13)3-7(10(19)20)15-5-14/h7-8,15H,3-6H2,1-2H3,(H,16,18)(H,19,20)/t7-,8?,13+,14-/m0/s1. The first kappa shape index (κ1) is 15.7. The molecule has 0 aromatic carbocycles. The lowest BCUT2D eigenvalue weighted by molar-refractivity contribution is -0.153. The Labute approximate surface area is 132 Å². The van der Waals surface area contributed by atoms with Crippen LogP contribution in [-0.2, 0) is 23.9 Å². The monoisotopic (exact) mass is 325 g/mol. The summed E-state index contributed by atoms with van der Waals surface area (Å²) in [6.07, 6.45) is 0.189. The van der Waals surface area contributed by atoms with Crippen molar-refractivity contribution >= 4 is 23.8 Å². The number of piperazine rings is 1. The molecule has 1 spiro atoms. The molecule has 0 aromatic rings. The summed E-state index contributed by atoms with van der Waals surface area (Å²) in [6.45, 7) is 1.82. The van der Waals surface area contributed by atoms with E-state index in [1.165, 1.54) is 12.0 Å². The highest BCUT2D eigenvalue weighted by Gasteiger charge is 2.61. The first-order valence-corrected chi connectivity index (χ1v) is 7.40. The summed E-state index contributed by atoms with van der Waals surface area (Å²) < 4.78 is 4.78. The Morgan fingerprint density at radius 3 is 2.61 bits per heavy atom. The first-order chi connectivity index (χ1) is 10.7. The highest BCUT2D eigenvalue weighted by Crippen LogP contribution is 2.40. The Morgan fingerprint density at radius 1 is 1.35 bits per heavy atom. The average Bonchev–Trinajstić information content (AvgIpc) is 3.08. The minimum absolute atomic E-state index is 0.00886. The van der Waals surface area contributed by atoms with Gasteiger partial charge in [0.1, 0.15) is 17.6 Å². The molecule has 3 saturated heterocycles. The third kappa shape index (κ3) is 2.18. The van der Waals surface area contributed by atoms with Gasteiger partial charge in [-0.15, -0.1) is 0 Å². The summed E-state index contributed by atoms with van der Waals surface area (Å²) in [6, 6.07) is -1.61. The van der Waals surface area contributed by atoms with Crippen LogP contribution in [0.2, 0.25) is 0 Å². The van der Waals surface area contributed by atoms with Crippen LogP contribution in [-0.4, -0.2) is 71.6 Å². The molecule has 2 amide bonds. The molecule has 23 heavy (non-hydrogen) atoms. The highest BCUT2D eigenvalue weighted by atomic mass is 16.5. The number of carbonyl (C=O) groups is 4. The Bertz CT molecular complexity index is 607. The molecule has 4 atom stereocenters. The van der Waals surface area contributed by atoms with Gasteiger partial charge in [-0.1, -0.05) is 0 Å². The molecule has 3 aliphatic rings. The number of carboxylic acids is 1. The van der Waals surface area contributed by atoms with E-state index >= 15 is 0 Å². The van der Waals surface area contributed by atoms with E-state index in [4.69, 9.17) is 9.84 Å². The molecule has 3 heterocycles. The van der Waals surface area contributed by atoms with E-state index in [0.29, 0.717) is 0 Å². The van der Waals surface area contributed by atoms with Gasteiger partial charge in [0.25, 0.3) is 0 Å². The summed E-state index contributed by atoms with van der Waals surface area (Å²) in [5, 5.41) is 14.5. The molecule has 0 saturated carbocycles. The van der Waals surface area contributed by atoms with Crippen molar-refractivity contribution in [2.45, 2.75) is 37.4 Å². The number of aliphatic carboxylic acids is 1. The van der Waals surface area contributed by atoms with Gasteiger partial charge in [0.05, 0.1) is 12.5 Å². The number of esters is 1. The lowest BCUT2D eigenvalue weighted by Crippen LogP contribution is -2.69. The number of rotatable bonds is 2. The molecule has 3 fully saturated rings. The Hall–Kier alpha value is -2.16. The number of hydrogen-bond donors (Lipinski definition) is 3. The van der Waals surface area contributed by atoms with Gasteiger partial charge < -0.3 is 25.4 Å². The number of amides is 2. The molecule has 0 aromatic heterocycles. The summed E-state index contributed by atoms with van der Waals surface area (Å²) in [5.74, 6) is -2.22. The van der Waals surface area contributed by atoms with Crippen LogP contribution in [0, 0.1) is 5.41 Å². The molecule has 126 valence electrons. The van der Waals surface area contributed by atoms with Crippen molar-refractivity contribution in [3.05, 3.63) is 0 Å². The van der Waals surface area contributed by atoms with Crippen LogP contribution in [0.3, 0.4) is 0 Å². The summed E-state index contributed by atoms with van der Waals surface area (Å²) in [5.41, 5.74) is -2.19. The van der Waals surface area contributed by atoms with Crippen molar-refractivity contribution in [3.63, 3.8) is 0 Å². The third-order valence-electron chi connectivity index (χ3n) is 5.05. The smallest absolute Gasteiger partial charge is 0.320 e. The molecular formula is C14H19N3O6. The van der Waals surface area contributed by atoms with Crippen LogP contribution in [0.15, 0.2) is 0 Å². The molecule has 9 nitrogen and oxygen atoms in total. The summed E-state index contributed by atoms with van der Waals surface area (Å²) in [7, 11) is 1.27. The van der Waals surface area contributed by atoms with Crippen LogP contribution in [0.5, 0.6) is 0 Å². The molecule has 0 aliphatic carbocycles. The van der Waals surface area contributed by atoms with Gasteiger partial charge in [0.15, 0.2) is 0 Å². The van der Waals surface area contributed by atoms with Crippen molar-refractivity contribution in [1.29, 1.82) is 0 Å². The zero-order valence-corrected chi connectivity index (χ0v) is 12.9. The Kier molecular flexibility index (Phi) is 3.36. The maximum Gasteiger partial charge on any atom is 0.320 e. The van der Waals surface area contributed by atoms with Crippen molar-refractivity contribution in [3.8, 4) is 0 Å². The van der Waals surface area contributed by atoms with E-state index in [1.54, 1.807) is 6.92 Å². The van der Waals surface area contributed by atoms with E-state index in [2.05, 4.69) is 10.6 Å². The van der Waals surface area contributed by atoms with Crippen LogP contribution in [0.4, 0.5) is 0 Å². The fourth-order valence-electron chi connectivity index (χ4n) is 3.80. The van der Waals surface area contributed by atoms with Gasteiger partial charge in [-0.25, -0.2) is 0 Å². The molecule has 3 N–H and O–H groups in total. The number of ether oxygens (including phenoxy) is 1. The predicted octanol–water partition coefficient (Wildman–Crippen LogP) is -1.92. The number of carbonyl (C=O) groups excluding carboxylic acids is 3. The van der Waals surface area contributed by atoms with Crippen LogP contribution in [0.25, 0.3) is 0 Å². The van der Waals surface area contributed by atoms with Gasteiger partial charge in [-0.05, 0) is 13.3 Å². The van der Waals surface area contributed by atoms with Gasteiger partial charge in [-0.3, -0.25) is 19.2 Å². The van der Waals surface area contributed by atoms with E-state index in [-0.39, 0.29) is 37.7 Å². The van der Waals surface area contributed by atoms with Crippen molar-refractivity contribution < 1.29 is 29.0 Å². The van der Waals surface area contributed by atoms with E-state index in [0.717, 1.165) is 0 Å².